The number of carbonyl (C=O) groups is 3. The van der Waals surface area contributed by atoms with Crippen LogP contribution in [0.3, 0.4) is 0 Å². The molecular formula is C19H24N4O8S3. The largest absolute Gasteiger partial charge is 0.469 e. The number of nitrogens with one attached hydrogen (secondary N) is 2. The molecule has 0 aliphatic rings. The summed E-state index contributed by atoms with van der Waals surface area (Å²) in [7, 11) is -0.272. The van der Waals surface area contributed by atoms with E-state index in [4.69, 9.17) is 9.96 Å². The lowest BCUT2D eigenvalue weighted by molar-refractivity contribution is -0.140. The van der Waals surface area contributed by atoms with Crippen LogP contribution in [0.15, 0.2) is 34.2 Å². The first-order valence-corrected chi connectivity index (χ1v) is 12.4. The molecular weight excluding hydrogens is 508 g/mol. The molecule has 0 saturated carbocycles. The predicted molar refractivity (Wildman–Crippen MR) is 127 cm³/mol. The summed E-state index contributed by atoms with van der Waals surface area (Å²) >= 11 is 2.35. The van der Waals surface area contributed by atoms with Gasteiger partial charge in [0.1, 0.15) is 4.88 Å². The van der Waals surface area contributed by atoms with Gasteiger partial charge in [0.25, 0.3) is 11.8 Å². The van der Waals surface area contributed by atoms with Crippen LogP contribution in [0.1, 0.15) is 32.1 Å². The highest BCUT2D eigenvalue weighted by Gasteiger charge is 2.16. The van der Waals surface area contributed by atoms with Crippen molar-refractivity contribution < 1.29 is 36.3 Å². The van der Waals surface area contributed by atoms with Crippen molar-refractivity contribution in [2.24, 2.45) is 12.0 Å². The van der Waals surface area contributed by atoms with Crippen molar-refractivity contribution in [2.75, 3.05) is 20.8 Å². The van der Waals surface area contributed by atoms with Crippen LogP contribution in [0.5, 0.6) is 0 Å². The number of nitrogens with zero attached hydrogens (tertiary/aromatic N) is 2. The Kier molecular flexibility index (Phi) is 11.8. The summed E-state index contributed by atoms with van der Waals surface area (Å²) in [5.41, 5.74) is 2.31. The van der Waals surface area contributed by atoms with Gasteiger partial charge in [0.2, 0.25) is 0 Å². The van der Waals surface area contributed by atoms with Crippen molar-refractivity contribution in [3.63, 3.8) is 0 Å². The van der Waals surface area contributed by atoms with Gasteiger partial charge >= 0.3 is 16.4 Å². The zero-order valence-electron chi connectivity index (χ0n) is 18.7. The van der Waals surface area contributed by atoms with Gasteiger partial charge in [0, 0.05) is 29.7 Å². The van der Waals surface area contributed by atoms with E-state index in [0.717, 1.165) is 23.3 Å². The third kappa shape index (κ3) is 9.56. The summed E-state index contributed by atoms with van der Waals surface area (Å²) in [4.78, 5) is 41.7. The van der Waals surface area contributed by atoms with E-state index in [9.17, 15) is 22.8 Å². The standard InChI is InChI=1S/C18H20N4O4S2.CH4O4S/c1-11-15(17(25)20-9-8-14(23)26-3)28-18(22(11)2)21-16(24)12-4-6-13(7-5-12)27-10-19;1-5-6(2,3)4/h4-7,10,19H,8-9H2,1-3H3,(H,20,25);1H3,(H,2,3,4). The fourth-order valence-electron chi connectivity index (χ4n) is 2.19. The molecule has 2 rings (SSSR count). The van der Waals surface area contributed by atoms with Gasteiger partial charge in [0.15, 0.2) is 4.80 Å². The maximum absolute atomic E-state index is 12.4. The fourth-order valence-corrected chi connectivity index (χ4v) is 3.66. The summed E-state index contributed by atoms with van der Waals surface area (Å²) in [5, 5.41) is 9.73. The van der Waals surface area contributed by atoms with Crippen LogP contribution in [0.25, 0.3) is 0 Å². The number of hydrogen-bond acceptors (Lipinski definition) is 10. The van der Waals surface area contributed by atoms with E-state index in [1.807, 2.05) is 0 Å². The fraction of sp³-hybridized carbons (Fsp3) is 0.316. The van der Waals surface area contributed by atoms with Crippen LogP contribution in [0.2, 0.25) is 0 Å². The molecule has 1 aromatic carbocycles. The predicted octanol–water partition coefficient (Wildman–Crippen LogP) is 1.56. The Morgan fingerprint density at radius 1 is 1.26 bits per heavy atom. The van der Waals surface area contributed by atoms with Gasteiger partial charge < -0.3 is 20.0 Å². The van der Waals surface area contributed by atoms with Crippen molar-refractivity contribution in [2.45, 2.75) is 18.2 Å². The molecule has 1 heterocycles. The molecule has 0 radical (unpaired) electrons. The van der Waals surface area contributed by atoms with Gasteiger partial charge in [-0.1, -0.05) is 23.1 Å². The maximum Gasteiger partial charge on any atom is 0.397 e. The highest BCUT2D eigenvalue weighted by Crippen LogP contribution is 2.16. The molecule has 0 aliphatic carbocycles. The first kappa shape index (κ1) is 29.2. The second-order valence-electron chi connectivity index (χ2n) is 6.21. The van der Waals surface area contributed by atoms with E-state index >= 15 is 0 Å². The third-order valence-electron chi connectivity index (χ3n) is 4.06. The lowest BCUT2D eigenvalue weighted by atomic mass is 10.2. The minimum Gasteiger partial charge on any atom is -0.469 e. The number of aromatic nitrogens is 1. The van der Waals surface area contributed by atoms with Gasteiger partial charge in [0.05, 0.1) is 26.2 Å². The van der Waals surface area contributed by atoms with Crippen LogP contribution in [0.4, 0.5) is 0 Å². The van der Waals surface area contributed by atoms with Gasteiger partial charge in [-0.2, -0.15) is 13.4 Å². The van der Waals surface area contributed by atoms with Crippen LogP contribution >= 0.6 is 23.1 Å². The number of ether oxygens (including phenoxy) is 1. The Hall–Kier alpha value is -2.85. The molecule has 0 bridgehead atoms. The molecule has 0 atom stereocenters. The van der Waals surface area contributed by atoms with Crippen molar-refractivity contribution in [1.82, 2.24) is 9.88 Å². The number of amides is 2. The van der Waals surface area contributed by atoms with E-state index in [2.05, 4.69) is 19.2 Å². The Balaban J connectivity index is 0.000000852. The Bertz CT molecular complexity index is 1200. The molecule has 2 aromatic rings. The zero-order chi connectivity index (χ0) is 25.9. The molecule has 12 nitrogen and oxygen atoms in total. The summed E-state index contributed by atoms with van der Waals surface area (Å²) < 4.78 is 35.9. The van der Waals surface area contributed by atoms with E-state index in [0.29, 0.717) is 20.9 Å². The molecule has 15 heteroatoms. The third-order valence-corrected chi connectivity index (χ3v) is 6.38. The van der Waals surface area contributed by atoms with Crippen LogP contribution < -0.4 is 10.1 Å². The first-order chi connectivity index (χ1) is 15.9. The number of rotatable bonds is 8. The molecule has 2 amide bonds. The summed E-state index contributed by atoms with van der Waals surface area (Å²) in [6.07, 6.45) is 0.0841. The zero-order valence-corrected chi connectivity index (χ0v) is 21.2. The van der Waals surface area contributed by atoms with E-state index in [-0.39, 0.29) is 18.9 Å². The molecule has 0 saturated heterocycles. The van der Waals surface area contributed by atoms with Crippen LogP contribution in [-0.4, -0.2) is 61.6 Å². The van der Waals surface area contributed by atoms with E-state index in [1.165, 1.54) is 24.4 Å². The van der Waals surface area contributed by atoms with E-state index < -0.39 is 22.3 Å². The van der Waals surface area contributed by atoms with Crippen LogP contribution in [-0.2, 0) is 31.2 Å². The summed E-state index contributed by atoms with van der Waals surface area (Å²) in [6.45, 7) is 1.93. The average Bonchev–Trinajstić information content (AvgIpc) is 3.08. The number of methoxy groups -OCH3 is 1. The molecule has 0 unspecified atom stereocenters. The number of thioether (sulfide) groups is 1. The lowest BCUT2D eigenvalue weighted by Gasteiger charge is -2.03. The molecule has 0 spiro atoms. The smallest absolute Gasteiger partial charge is 0.397 e. The number of carbonyl (C=O) groups excluding carboxylic acids is 3. The highest BCUT2D eigenvalue weighted by molar-refractivity contribution is 8.12. The van der Waals surface area contributed by atoms with Gasteiger partial charge in [-0.3, -0.25) is 23.1 Å². The Morgan fingerprint density at radius 2 is 1.85 bits per heavy atom. The molecule has 1 aromatic heterocycles. The van der Waals surface area contributed by atoms with Gasteiger partial charge in [-0.25, -0.2) is 0 Å². The van der Waals surface area contributed by atoms with Crippen molar-refractivity contribution in [3.05, 3.63) is 45.2 Å². The lowest BCUT2D eigenvalue weighted by Crippen LogP contribution is -2.26. The summed E-state index contributed by atoms with van der Waals surface area (Å²) in [5.74, 6) is -1.15. The van der Waals surface area contributed by atoms with Crippen LogP contribution in [0, 0.1) is 12.3 Å². The highest BCUT2D eigenvalue weighted by atomic mass is 32.3. The molecule has 34 heavy (non-hydrogen) atoms. The Morgan fingerprint density at radius 3 is 2.35 bits per heavy atom. The molecule has 0 fully saturated rings. The monoisotopic (exact) mass is 532 g/mol. The number of thiazole rings is 1. The van der Waals surface area contributed by atoms with Gasteiger partial charge in [-0.15, -0.1) is 0 Å². The SMILES string of the molecule is COC(=O)CCNC(=O)c1sc(=NC(=O)c2ccc(SC=N)cc2)n(C)c1C.COS(=O)(=O)O. The number of benzene rings is 1. The normalized spacial score (nSPS) is 11.3. The molecule has 186 valence electrons. The number of esters is 1. The topological polar surface area (TPSA) is 177 Å². The quantitative estimate of drug-likeness (QED) is 0.150. The van der Waals surface area contributed by atoms with Gasteiger partial charge in [-0.05, 0) is 31.2 Å². The average molecular weight is 533 g/mol. The van der Waals surface area contributed by atoms with Crippen molar-refractivity contribution >= 4 is 56.8 Å². The Labute approximate surface area is 204 Å². The number of hydrogen-bond donors (Lipinski definition) is 3. The van der Waals surface area contributed by atoms with Crippen molar-refractivity contribution in [3.8, 4) is 0 Å². The molecule has 3 N–H and O–H groups in total. The molecule has 0 aliphatic heterocycles. The first-order valence-electron chi connectivity index (χ1n) is 9.32. The van der Waals surface area contributed by atoms with E-state index in [1.54, 1.807) is 42.8 Å². The maximum atomic E-state index is 12.4. The minimum atomic E-state index is -4.16. The van der Waals surface area contributed by atoms with Crippen molar-refractivity contribution in [1.29, 1.82) is 5.41 Å². The summed E-state index contributed by atoms with van der Waals surface area (Å²) in [6, 6.07) is 6.80. The second-order valence-corrected chi connectivity index (χ2v) is 9.32. The second kappa shape index (κ2) is 13.8. The minimum absolute atomic E-state index is 0.0841.